The van der Waals surface area contributed by atoms with E-state index in [1.807, 2.05) is 0 Å². The second kappa shape index (κ2) is 6.15. The number of phenols is 1. The minimum absolute atomic E-state index is 0.269. The lowest BCUT2D eigenvalue weighted by Gasteiger charge is -2.14. The molecular formula is C14H10ClF3N2O2. The van der Waals surface area contributed by atoms with Crippen molar-refractivity contribution in [3.05, 3.63) is 53.1 Å². The summed E-state index contributed by atoms with van der Waals surface area (Å²) in [5, 5.41) is 14.4. The van der Waals surface area contributed by atoms with Crippen LogP contribution in [0.5, 0.6) is 5.75 Å². The number of nitrogens with one attached hydrogen (secondary N) is 2. The molecule has 4 nitrogen and oxygen atoms in total. The van der Waals surface area contributed by atoms with Crippen molar-refractivity contribution in [3.63, 3.8) is 0 Å². The van der Waals surface area contributed by atoms with Gasteiger partial charge < -0.3 is 15.7 Å². The molecule has 0 aliphatic rings. The molecule has 0 aliphatic carbocycles. The van der Waals surface area contributed by atoms with Crippen LogP contribution in [0, 0.1) is 0 Å². The second-order valence-corrected chi connectivity index (χ2v) is 4.67. The highest BCUT2D eigenvalue weighted by atomic mass is 35.5. The van der Waals surface area contributed by atoms with Crippen molar-refractivity contribution >= 4 is 29.0 Å². The van der Waals surface area contributed by atoms with Crippen molar-refractivity contribution in [2.45, 2.75) is 6.18 Å². The van der Waals surface area contributed by atoms with Crippen LogP contribution in [-0.4, -0.2) is 11.1 Å². The monoisotopic (exact) mass is 330 g/mol. The fourth-order valence-corrected chi connectivity index (χ4v) is 1.89. The summed E-state index contributed by atoms with van der Waals surface area (Å²) in [4.78, 5) is 11.8. The Balaban J connectivity index is 2.18. The summed E-state index contributed by atoms with van der Waals surface area (Å²) in [5.74, 6) is -1.05. The van der Waals surface area contributed by atoms with Gasteiger partial charge in [0.25, 0.3) is 0 Å². The molecule has 0 unspecified atom stereocenters. The van der Waals surface area contributed by atoms with E-state index >= 15 is 0 Å². The Kier molecular flexibility index (Phi) is 4.46. The number of halogens is 4. The summed E-state index contributed by atoms with van der Waals surface area (Å²) >= 11 is 5.85. The van der Waals surface area contributed by atoms with Crippen molar-refractivity contribution < 1.29 is 23.1 Å². The number of hydrogen-bond acceptors (Lipinski definition) is 2. The molecule has 3 N–H and O–H groups in total. The minimum Gasteiger partial charge on any atom is -0.505 e. The van der Waals surface area contributed by atoms with E-state index in [4.69, 9.17) is 11.6 Å². The standard InChI is InChI=1S/C14H10ClF3N2O2/c15-9-5-1-2-6-10(9)19-13(22)20-11-7-3-4-8(12(11)21)14(16,17)18/h1-7,21H,(H2,19,20,22). The van der Waals surface area contributed by atoms with E-state index in [1.165, 1.54) is 6.07 Å². The smallest absolute Gasteiger partial charge is 0.420 e. The molecule has 0 saturated carbocycles. The zero-order valence-corrected chi connectivity index (χ0v) is 11.7. The zero-order valence-electron chi connectivity index (χ0n) is 10.9. The molecule has 0 radical (unpaired) electrons. The summed E-state index contributed by atoms with van der Waals surface area (Å²) < 4.78 is 38.0. The van der Waals surface area contributed by atoms with Gasteiger partial charge in [-0.3, -0.25) is 0 Å². The zero-order chi connectivity index (χ0) is 16.3. The molecule has 2 aromatic carbocycles. The first-order chi connectivity index (χ1) is 10.3. The lowest BCUT2D eigenvalue weighted by molar-refractivity contribution is -0.138. The predicted octanol–water partition coefficient (Wildman–Crippen LogP) is 4.71. The van der Waals surface area contributed by atoms with Gasteiger partial charge in [0.1, 0.15) is 0 Å². The number of anilines is 2. The van der Waals surface area contributed by atoms with E-state index in [0.717, 1.165) is 12.1 Å². The van der Waals surface area contributed by atoms with Gasteiger partial charge in [0.15, 0.2) is 5.75 Å². The van der Waals surface area contributed by atoms with E-state index in [0.29, 0.717) is 6.07 Å². The van der Waals surface area contributed by atoms with Gasteiger partial charge in [0.05, 0.1) is 22.0 Å². The van der Waals surface area contributed by atoms with E-state index < -0.39 is 23.5 Å². The Morgan fingerprint density at radius 2 is 1.59 bits per heavy atom. The van der Waals surface area contributed by atoms with E-state index in [2.05, 4.69) is 10.6 Å². The van der Waals surface area contributed by atoms with Gasteiger partial charge in [-0.15, -0.1) is 0 Å². The quantitative estimate of drug-likeness (QED) is 0.698. The molecule has 2 rings (SSSR count). The first kappa shape index (κ1) is 16.0. The largest absolute Gasteiger partial charge is 0.505 e. The van der Waals surface area contributed by atoms with Gasteiger partial charge in [-0.05, 0) is 24.3 Å². The van der Waals surface area contributed by atoms with Crippen LogP contribution < -0.4 is 10.6 Å². The Labute approximate surface area is 128 Å². The molecule has 0 spiro atoms. The molecule has 0 saturated heterocycles. The Hall–Kier alpha value is -2.41. The van der Waals surface area contributed by atoms with E-state index in [9.17, 15) is 23.1 Å². The minimum atomic E-state index is -4.72. The molecule has 116 valence electrons. The molecule has 22 heavy (non-hydrogen) atoms. The lowest BCUT2D eigenvalue weighted by atomic mass is 10.1. The van der Waals surface area contributed by atoms with Crippen LogP contribution in [0.25, 0.3) is 0 Å². The number of para-hydroxylation sites is 2. The van der Waals surface area contributed by atoms with Crippen molar-refractivity contribution in [1.82, 2.24) is 0 Å². The van der Waals surface area contributed by atoms with E-state index in [1.54, 1.807) is 18.2 Å². The first-order valence-corrected chi connectivity index (χ1v) is 6.38. The highest BCUT2D eigenvalue weighted by molar-refractivity contribution is 6.33. The number of hydrogen-bond donors (Lipinski definition) is 3. The van der Waals surface area contributed by atoms with Crippen LogP contribution in [0.1, 0.15) is 5.56 Å². The van der Waals surface area contributed by atoms with Crippen LogP contribution in [0.4, 0.5) is 29.3 Å². The van der Waals surface area contributed by atoms with Gasteiger partial charge in [-0.25, -0.2) is 4.79 Å². The molecule has 0 fully saturated rings. The summed E-state index contributed by atoms with van der Waals surface area (Å²) in [6.07, 6.45) is -4.72. The van der Waals surface area contributed by atoms with Gasteiger partial charge in [-0.1, -0.05) is 29.8 Å². The summed E-state index contributed by atoms with van der Waals surface area (Å²) in [5.41, 5.74) is -1.31. The number of carbonyl (C=O) groups excluding carboxylic acids is 1. The number of phenolic OH excluding ortho intramolecular Hbond substituents is 1. The Morgan fingerprint density at radius 1 is 1.00 bits per heavy atom. The molecular weight excluding hydrogens is 321 g/mol. The number of urea groups is 1. The molecule has 0 atom stereocenters. The fraction of sp³-hybridized carbons (Fsp3) is 0.0714. The molecule has 2 amide bonds. The van der Waals surface area contributed by atoms with Gasteiger partial charge in [0.2, 0.25) is 0 Å². The SMILES string of the molecule is O=C(Nc1ccccc1Cl)Nc1cccc(C(F)(F)F)c1O. The number of alkyl halides is 3. The number of carbonyl (C=O) groups is 1. The number of rotatable bonds is 2. The maximum atomic E-state index is 12.7. The predicted molar refractivity (Wildman–Crippen MR) is 77.2 cm³/mol. The molecule has 0 aliphatic heterocycles. The number of aromatic hydroxyl groups is 1. The topological polar surface area (TPSA) is 61.4 Å². The average Bonchev–Trinajstić information content (AvgIpc) is 2.42. The number of benzene rings is 2. The maximum absolute atomic E-state index is 12.7. The summed E-state index contributed by atoms with van der Waals surface area (Å²) in [6, 6.07) is 8.46. The third-order valence-corrected chi connectivity index (χ3v) is 3.04. The van der Waals surface area contributed by atoms with Gasteiger partial charge in [0, 0.05) is 0 Å². The van der Waals surface area contributed by atoms with Crippen LogP contribution in [0.15, 0.2) is 42.5 Å². The molecule has 0 aromatic heterocycles. The summed E-state index contributed by atoms with van der Waals surface area (Å²) in [7, 11) is 0. The highest BCUT2D eigenvalue weighted by Crippen LogP contribution is 2.39. The molecule has 0 heterocycles. The third-order valence-electron chi connectivity index (χ3n) is 2.71. The van der Waals surface area contributed by atoms with E-state index in [-0.39, 0.29) is 16.4 Å². The number of amides is 2. The molecule has 0 bridgehead atoms. The van der Waals surface area contributed by atoms with Crippen molar-refractivity contribution in [3.8, 4) is 5.75 Å². The normalized spacial score (nSPS) is 11.1. The molecule has 8 heteroatoms. The van der Waals surface area contributed by atoms with Gasteiger partial charge in [-0.2, -0.15) is 13.2 Å². The Morgan fingerprint density at radius 3 is 2.23 bits per heavy atom. The summed E-state index contributed by atoms with van der Waals surface area (Å²) in [6.45, 7) is 0. The highest BCUT2D eigenvalue weighted by Gasteiger charge is 2.34. The van der Waals surface area contributed by atoms with Crippen LogP contribution in [-0.2, 0) is 6.18 Å². The lowest BCUT2D eigenvalue weighted by Crippen LogP contribution is -2.20. The van der Waals surface area contributed by atoms with Crippen LogP contribution in [0.2, 0.25) is 5.02 Å². The fourth-order valence-electron chi connectivity index (χ4n) is 1.71. The Bertz CT molecular complexity index is 705. The van der Waals surface area contributed by atoms with Crippen molar-refractivity contribution in [2.24, 2.45) is 0 Å². The molecule has 2 aromatic rings. The average molecular weight is 331 g/mol. The van der Waals surface area contributed by atoms with Gasteiger partial charge >= 0.3 is 12.2 Å². The first-order valence-electron chi connectivity index (χ1n) is 6.01. The third kappa shape index (κ3) is 3.62. The van der Waals surface area contributed by atoms with Crippen LogP contribution >= 0.6 is 11.6 Å². The van der Waals surface area contributed by atoms with Crippen molar-refractivity contribution in [2.75, 3.05) is 10.6 Å². The maximum Gasteiger partial charge on any atom is 0.420 e. The van der Waals surface area contributed by atoms with Crippen molar-refractivity contribution in [1.29, 1.82) is 0 Å². The van der Waals surface area contributed by atoms with Crippen LogP contribution in [0.3, 0.4) is 0 Å². The second-order valence-electron chi connectivity index (χ2n) is 4.26.